The summed E-state index contributed by atoms with van der Waals surface area (Å²) in [5, 5.41) is 2.97. The van der Waals surface area contributed by atoms with E-state index in [-0.39, 0.29) is 11.8 Å². The normalized spacial score (nSPS) is 12.6. The van der Waals surface area contributed by atoms with Gasteiger partial charge in [-0.2, -0.15) is 0 Å². The molecule has 0 fully saturated rings. The first-order valence-corrected chi connectivity index (χ1v) is 9.55. The van der Waals surface area contributed by atoms with E-state index in [0.29, 0.717) is 26.2 Å². The van der Waals surface area contributed by atoms with Crippen molar-refractivity contribution in [2.45, 2.75) is 18.9 Å². The Bertz CT molecular complexity index is 894. The number of carbonyl (C=O) groups is 1. The summed E-state index contributed by atoms with van der Waals surface area (Å²) in [4.78, 5) is 12.6. The van der Waals surface area contributed by atoms with Crippen LogP contribution in [0.3, 0.4) is 0 Å². The van der Waals surface area contributed by atoms with Crippen LogP contribution in [-0.2, 0) is 16.1 Å². The minimum absolute atomic E-state index is 0.00797. The van der Waals surface area contributed by atoms with Crippen molar-refractivity contribution in [3.8, 4) is 11.5 Å². The van der Waals surface area contributed by atoms with Crippen molar-refractivity contribution in [2.24, 2.45) is 0 Å². The average molecular weight is 373 g/mol. The first-order chi connectivity index (χ1) is 13.8. The van der Waals surface area contributed by atoms with Gasteiger partial charge in [0.25, 0.3) is 0 Å². The van der Waals surface area contributed by atoms with Crippen LogP contribution in [-0.4, -0.2) is 19.1 Å². The number of benzene rings is 3. The fourth-order valence-electron chi connectivity index (χ4n) is 3.51. The van der Waals surface area contributed by atoms with Crippen molar-refractivity contribution in [2.75, 3.05) is 13.2 Å². The van der Waals surface area contributed by atoms with Gasteiger partial charge in [-0.15, -0.1) is 0 Å². The van der Waals surface area contributed by atoms with Gasteiger partial charge in [-0.3, -0.25) is 4.79 Å². The molecule has 0 unspecified atom stereocenters. The van der Waals surface area contributed by atoms with Gasteiger partial charge in [0, 0.05) is 30.0 Å². The van der Waals surface area contributed by atoms with Crippen LogP contribution in [0.15, 0.2) is 78.9 Å². The summed E-state index contributed by atoms with van der Waals surface area (Å²) in [7, 11) is 0. The van der Waals surface area contributed by atoms with Gasteiger partial charge < -0.3 is 14.8 Å². The predicted molar refractivity (Wildman–Crippen MR) is 109 cm³/mol. The molecule has 0 saturated carbocycles. The summed E-state index contributed by atoms with van der Waals surface area (Å²) in [6.07, 6.45) is 0.385. The zero-order valence-corrected chi connectivity index (χ0v) is 15.6. The molecule has 1 heterocycles. The molecule has 0 saturated heterocycles. The highest BCUT2D eigenvalue weighted by molar-refractivity contribution is 5.78. The predicted octanol–water partition coefficient (Wildman–Crippen LogP) is 4.65. The van der Waals surface area contributed by atoms with E-state index in [2.05, 4.69) is 5.32 Å². The van der Waals surface area contributed by atoms with Gasteiger partial charge in [-0.25, -0.2) is 0 Å². The van der Waals surface area contributed by atoms with E-state index < -0.39 is 0 Å². The van der Waals surface area contributed by atoms with Gasteiger partial charge in [-0.05, 0) is 17.7 Å². The Morgan fingerprint density at radius 3 is 2.14 bits per heavy atom. The highest BCUT2D eigenvalue weighted by atomic mass is 16.5. The van der Waals surface area contributed by atoms with Gasteiger partial charge in [-0.1, -0.05) is 66.7 Å². The Kier molecular flexibility index (Phi) is 5.69. The first-order valence-electron chi connectivity index (χ1n) is 9.55. The van der Waals surface area contributed by atoms with Crippen LogP contribution in [0.25, 0.3) is 0 Å². The lowest BCUT2D eigenvalue weighted by atomic mass is 9.85. The molecule has 0 spiro atoms. The SMILES string of the molecule is O=C(CC1c2ccccc2Oc2ccccc21)NCCOCc1ccccc1. The number of fused-ring (bicyclic) bond motifs is 2. The Morgan fingerprint density at radius 2 is 1.46 bits per heavy atom. The Labute approximate surface area is 165 Å². The lowest BCUT2D eigenvalue weighted by molar-refractivity contribution is -0.121. The van der Waals surface area contributed by atoms with Crippen molar-refractivity contribution in [3.63, 3.8) is 0 Å². The minimum atomic E-state index is -0.00797. The summed E-state index contributed by atoms with van der Waals surface area (Å²) in [5.74, 6) is 1.65. The number of amides is 1. The smallest absolute Gasteiger partial charge is 0.221 e. The molecule has 1 aliphatic rings. The monoisotopic (exact) mass is 373 g/mol. The van der Waals surface area contributed by atoms with E-state index >= 15 is 0 Å². The van der Waals surface area contributed by atoms with Crippen molar-refractivity contribution in [3.05, 3.63) is 95.6 Å². The van der Waals surface area contributed by atoms with E-state index in [9.17, 15) is 4.79 Å². The van der Waals surface area contributed by atoms with Crippen LogP contribution in [0.2, 0.25) is 0 Å². The molecule has 0 aliphatic carbocycles. The molecule has 28 heavy (non-hydrogen) atoms. The maximum absolute atomic E-state index is 12.6. The van der Waals surface area contributed by atoms with E-state index in [0.717, 1.165) is 28.2 Å². The molecule has 3 aromatic rings. The molecule has 0 aromatic heterocycles. The van der Waals surface area contributed by atoms with Crippen molar-refractivity contribution in [1.29, 1.82) is 0 Å². The largest absolute Gasteiger partial charge is 0.457 e. The Morgan fingerprint density at radius 1 is 0.857 bits per heavy atom. The van der Waals surface area contributed by atoms with Crippen LogP contribution in [0.1, 0.15) is 29.0 Å². The Hall–Kier alpha value is -3.11. The molecule has 0 atom stereocenters. The maximum atomic E-state index is 12.6. The van der Waals surface area contributed by atoms with Crippen molar-refractivity contribution < 1.29 is 14.3 Å². The summed E-state index contributed by atoms with van der Waals surface area (Å²) in [5.41, 5.74) is 3.23. The molecule has 4 nitrogen and oxygen atoms in total. The molecular formula is C24H23NO3. The van der Waals surface area contributed by atoms with Gasteiger partial charge in [0.1, 0.15) is 11.5 Å². The lowest BCUT2D eigenvalue weighted by Gasteiger charge is -2.27. The molecule has 4 heteroatoms. The fourth-order valence-corrected chi connectivity index (χ4v) is 3.51. The molecule has 4 rings (SSSR count). The van der Waals surface area contributed by atoms with Gasteiger partial charge in [0.05, 0.1) is 13.2 Å². The molecule has 1 aliphatic heterocycles. The zero-order chi connectivity index (χ0) is 19.2. The summed E-state index contributed by atoms with van der Waals surface area (Å²) < 4.78 is 11.6. The summed E-state index contributed by atoms with van der Waals surface area (Å²) in [6.45, 7) is 1.54. The van der Waals surface area contributed by atoms with Crippen molar-refractivity contribution >= 4 is 5.91 Å². The molecule has 142 valence electrons. The number of para-hydroxylation sites is 2. The summed E-state index contributed by atoms with van der Waals surface area (Å²) in [6, 6.07) is 25.9. The van der Waals surface area contributed by atoms with Crippen molar-refractivity contribution in [1.82, 2.24) is 5.32 Å². The number of hydrogen-bond acceptors (Lipinski definition) is 3. The molecule has 1 amide bonds. The number of hydrogen-bond donors (Lipinski definition) is 1. The van der Waals surface area contributed by atoms with Crippen LogP contribution >= 0.6 is 0 Å². The topological polar surface area (TPSA) is 47.6 Å². The molecule has 0 bridgehead atoms. The van der Waals surface area contributed by atoms with E-state index in [4.69, 9.17) is 9.47 Å². The van der Waals surface area contributed by atoms with Gasteiger partial charge in [0.15, 0.2) is 0 Å². The molecule has 3 aromatic carbocycles. The molecular weight excluding hydrogens is 350 g/mol. The minimum Gasteiger partial charge on any atom is -0.457 e. The van der Waals surface area contributed by atoms with Crippen LogP contribution in [0.5, 0.6) is 11.5 Å². The van der Waals surface area contributed by atoms with E-state index in [1.54, 1.807) is 0 Å². The van der Waals surface area contributed by atoms with Gasteiger partial charge >= 0.3 is 0 Å². The first kappa shape index (κ1) is 18.3. The zero-order valence-electron chi connectivity index (χ0n) is 15.6. The lowest BCUT2D eigenvalue weighted by Crippen LogP contribution is -2.29. The molecule has 1 N–H and O–H groups in total. The van der Waals surface area contributed by atoms with E-state index in [1.807, 2.05) is 78.9 Å². The second kappa shape index (κ2) is 8.72. The van der Waals surface area contributed by atoms with Crippen LogP contribution in [0, 0.1) is 0 Å². The number of ether oxygens (including phenoxy) is 2. The number of carbonyl (C=O) groups excluding carboxylic acids is 1. The maximum Gasteiger partial charge on any atom is 0.221 e. The van der Waals surface area contributed by atoms with Gasteiger partial charge in [0.2, 0.25) is 5.91 Å². The molecule has 0 radical (unpaired) electrons. The third-order valence-electron chi connectivity index (χ3n) is 4.88. The quantitative estimate of drug-likeness (QED) is 0.614. The number of nitrogens with one attached hydrogen (secondary N) is 1. The second-order valence-corrected chi connectivity index (χ2v) is 6.82. The third-order valence-corrected chi connectivity index (χ3v) is 4.88. The highest BCUT2D eigenvalue weighted by Gasteiger charge is 2.28. The summed E-state index contributed by atoms with van der Waals surface area (Å²) >= 11 is 0. The van der Waals surface area contributed by atoms with E-state index in [1.165, 1.54) is 0 Å². The number of rotatable bonds is 7. The standard InChI is InChI=1S/C24H23NO3/c26-24(25-14-15-27-17-18-8-2-1-3-9-18)16-21-19-10-4-6-12-22(19)28-23-13-7-5-11-20(21)23/h1-13,21H,14-17H2,(H,25,26). The average Bonchev–Trinajstić information content (AvgIpc) is 2.74. The van der Waals surface area contributed by atoms with Crippen LogP contribution < -0.4 is 10.1 Å². The Balaban J connectivity index is 1.33. The highest BCUT2D eigenvalue weighted by Crippen LogP contribution is 2.45. The second-order valence-electron chi connectivity index (χ2n) is 6.82. The van der Waals surface area contributed by atoms with Crippen LogP contribution in [0.4, 0.5) is 0 Å². The third kappa shape index (κ3) is 4.24. The fraction of sp³-hybridized carbons (Fsp3) is 0.208.